The van der Waals surface area contributed by atoms with E-state index in [4.69, 9.17) is 4.74 Å². The smallest absolute Gasteiger partial charge is 0.303 e. The molecule has 1 fully saturated rings. The van der Waals surface area contributed by atoms with Crippen LogP contribution in [0.2, 0.25) is 0 Å². The van der Waals surface area contributed by atoms with Crippen molar-refractivity contribution in [3.63, 3.8) is 0 Å². The fourth-order valence-corrected chi connectivity index (χ4v) is 3.72. The van der Waals surface area contributed by atoms with E-state index in [-0.39, 0.29) is 11.6 Å². The van der Waals surface area contributed by atoms with Gasteiger partial charge in [0.15, 0.2) is 0 Å². The molecule has 0 bridgehead atoms. The van der Waals surface area contributed by atoms with Crippen LogP contribution in [0.4, 0.5) is 0 Å². The average molecular weight is 270 g/mol. The largest absolute Gasteiger partial charge is 0.459 e. The topological polar surface area (TPSA) is 26.3 Å². The molecule has 0 saturated heterocycles. The average Bonchev–Trinajstić information content (AvgIpc) is 2.80. The number of carbonyl (C=O) groups is 1. The fraction of sp³-hybridized carbons (Fsp3) is 0.941. The van der Waals surface area contributed by atoms with E-state index in [9.17, 15) is 4.79 Å². The molecule has 0 aromatic carbocycles. The molecule has 0 amide bonds. The van der Waals surface area contributed by atoms with Crippen LogP contribution < -0.4 is 0 Å². The standard InChI is InChI=1S/C15H28O2.C2H6/c1-6-13-9-11(4)14(10-13)15(7-2,8-3)17-12(5)16;1-2/h11,13-14H,6-10H2,1-5H3;1-2H3. The first-order valence-corrected chi connectivity index (χ1v) is 8.18. The highest BCUT2D eigenvalue weighted by Crippen LogP contribution is 2.47. The van der Waals surface area contributed by atoms with Gasteiger partial charge in [0.1, 0.15) is 5.60 Å². The summed E-state index contributed by atoms with van der Waals surface area (Å²) in [7, 11) is 0. The molecular formula is C17H34O2. The molecule has 0 N–H and O–H groups in total. The van der Waals surface area contributed by atoms with Crippen LogP contribution in [0.25, 0.3) is 0 Å². The molecule has 0 aromatic rings. The summed E-state index contributed by atoms with van der Waals surface area (Å²) in [5.74, 6) is 1.93. The minimum Gasteiger partial charge on any atom is -0.459 e. The Hall–Kier alpha value is -0.530. The van der Waals surface area contributed by atoms with Crippen LogP contribution in [0.1, 0.15) is 80.6 Å². The summed E-state index contributed by atoms with van der Waals surface area (Å²) in [6, 6.07) is 0. The molecule has 114 valence electrons. The number of carbonyl (C=O) groups excluding carboxylic acids is 1. The second-order valence-electron chi connectivity index (χ2n) is 5.69. The van der Waals surface area contributed by atoms with E-state index in [0.717, 1.165) is 18.8 Å². The monoisotopic (exact) mass is 270 g/mol. The molecule has 19 heavy (non-hydrogen) atoms. The van der Waals surface area contributed by atoms with Gasteiger partial charge in [0, 0.05) is 12.8 Å². The lowest BCUT2D eigenvalue weighted by Crippen LogP contribution is -2.42. The Labute approximate surface area is 120 Å². The predicted molar refractivity (Wildman–Crippen MR) is 82.1 cm³/mol. The second kappa shape index (κ2) is 8.60. The molecule has 3 atom stereocenters. The van der Waals surface area contributed by atoms with Gasteiger partial charge in [-0.2, -0.15) is 0 Å². The zero-order chi connectivity index (χ0) is 15.1. The molecule has 0 heterocycles. The van der Waals surface area contributed by atoms with Crippen LogP contribution in [0, 0.1) is 17.8 Å². The van der Waals surface area contributed by atoms with Gasteiger partial charge in [0.25, 0.3) is 0 Å². The number of esters is 1. The van der Waals surface area contributed by atoms with Gasteiger partial charge in [-0.25, -0.2) is 0 Å². The van der Waals surface area contributed by atoms with Gasteiger partial charge in [-0.1, -0.05) is 48.0 Å². The highest BCUT2D eigenvalue weighted by Gasteiger charge is 2.46. The van der Waals surface area contributed by atoms with Crippen LogP contribution in [-0.4, -0.2) is 11.6 Å². The van der Waals surface area contributed by atoms with E-state index in [0.29, 0.717) is 11.8 Å². The van der Waals surface area contributed by atoms with Crippen LogP contribution in [0.15, 0.2) is 0 Å². The summed E-state index contributed by atoms with van der Waals surface area (Å²) in [5, 5.41) is 0. The van der Waals surface area contributed by atoms with E-state index in [1.54, 1.807) is 0 Å². The summed E-state index contributed by atoms with van der Waals surface area (Å²) < 4.78 is 5.74. The minimum atomic E-state index is -0.213. The SMILES string of the molecule is CC.CCC1CC(C)C(C(CC)(CC)OC(C)=O)C1. The number of hydrogen-bond donors (Lipinski definition) is 0. The molecule has 1 aliphatic rings. The van der Waals surface area contributed by atoms with Crippen LogP contribution in [0.3, 0.4) is 0 Å². The zero-order valence-electron chi connectivity index (χ0n) is 14.1. The van der Waals surface area contributed by atoms with Gasteiger partial charge in [-0.05, 0) is 37.5 Å². The molecule has 0 aliphatic heterocycles. The van der Waals surface area contributed by atoms with Crippen molar-refractivity contribution in [3.05, 3.63) is 0 Å². The van der Waals surface area contributed by atoms with Crippen LogP contribution >= 0.6 is 0 Å². The first-order valence-electron chi connectivity index (χ1n) is 8.18. The van der Waals surface area contributed by atoms with Crippen molar-refractivity contribution in [1.82, 2.24) is 0 Å². The van der Waals surface area contributed by atoms with Crippen molar-refractivity contribution >= 4 is 5.97 Å². The van der Waals surface area contributed by atoms with Gasteiger partial charge < -0.3 is 4.74 Å². The molecule has 2 nitrogen and oxygen atoms in total. The molecule has 1 aliphatic carbocycles. The first-order chi connectivity index (χ1) is 8.99. The van der Waals surface area contributed by atoms with Gasteiger partial charge >= 0.3 is 5.97 Å². The van der Waals surface area contributed by atoms with Crippen LogP contribution in [-0.2, 0) is 9.53 Å². The lowest BCUT2D eigenvalue weighted by Gasteiger charge is -2.39. The maximum Gasteiger partial charge on any atom is 0.303 e. The maximum absolute atomic E-state index is 11.4. The molecule has 2 heteroatoms. The molecule has 1 rings (SSSR count). The Bertz CT molecular complexity index is 256. The number of rotatable bonds is 5. The van der Waals surface area contributed by atoms with Crippen molar-refractivity contribution in [2.24, 2.45) is 17.8 Å². The van der Waals surface area contributed by atoms with E-state index in [1.165, 1.54) is 26.2 Å². The van der Waals surface area contributed by atoms with Crippen molar-refractivity contribution < 1.29 is 9.53 Å². The molecule has 1 saturated carbocycles. The second-order valence-corrected chi connectivity index (χ2v) is 5.69. The van der Waals surface area contributed by atoms with Crippen molar-refractivity contribution in [3.8, 4) is 0 Å². The summed E-state index contributed by atoms with van der Waals surface area (Å²) in [5.41, 5.74) is -0.213. The highest BCUT2D eigenvalue weighted by atomic mass is 16.6. The van der Waals surface area contributed by atoms with Crippen molar-refractivity contribution in [2.45, 2.75) is 86.2 Å². The quantitative estimate of drug-likeness (QED) is 0.641. The lowest BCUT2D eigenvalue weighted by molar-refractivity contribution is -0.166. The van der Waals surface area contributed by atoms with E-state index in [1.807, 2.05) is 13.8 Å². The Morgan fingerprint density at radius 3 is 2.00 bits per heavy atom. The van der Waals surface area contributed by atoms with E-state index >= 15 is 0 Å². The lowest BCUT2D eigenvalue weighted by atomic mass is 9.77. The third-order valence-electron chi connectivity index (χ3n) is 4.78. The highest BCUT2D eigenvalue weighted by molar-refractivity contribution is 5.66. The predicted octanol–water partition coefficient (Wildman–Crippen LogP) is 5.21. The number of hydrogen-bond acceptors (Lipinski definition) is 2. The van der Waals surface area contributed by atoms with Gasteiger partial charge in [0.05, 0.1) is 0 Å². The minimum absolute atomic E-state index is 0.124. The Morgan fingerprint density at radius 1 is 1.16 bits per heavy atom. The van der Waals surface area contributed by atoms with Gasteiger partial charge in [0.2, 0.25) is 0 Å². The summed E-state index contributed by atoms with van der Waals surface area (Å²) in [6.45, 7) is 14.4. The van der Waals surface area contributed by atoms with E-state index in [2.05, 4.69) is 27.7 Å². The Morgan fingerprint density at radius 2 is 1.68 bits per heavy atom. The number of ether oxygens (including phenoxy) is 1. The fourth-order valence-electron chi connectivity index (χ4n) is 3.72. The molecule has 0 spiro atoms. The summed E-state index contributed by atoms with van der Waals surface area (Å²) in [6.07, 6.45) is 5.66. The first kappa shape index (κ1) is 18.5. The molecule has 3 unspecified atom stereocenters. The maximum atomic E-state index is 11.4. The van der Waals surface area contributed by atoms with E-state index < -0.39 is 0 Å². The summed E-state index contributed by atoms with van der Waals surface area (Å²) in [4.78, 5) is 11.4. The molecule has 0 radical (unpaired) electrons. The third kappa shape index (κ3) is 4.50. The Kier molecular flexibility index (Phi) is 8.36. The third-order valence-corrected chi connectivity index (χ3v) is 4.78. The van der Waals surface area contributed by atoms with Crippen molar-refractivity contribution in [2.75, 3.05) is 0 Å². The van der Waals surface area contributed by atoms with Crippen molar-refractivity contribution in [1.29, 1.82) is 0 Å². The normalized spacial score (nSPS) is 26.6. The Balaban J connectivity index is 0.00000154. The molecular weight excluding hydrogens is 236 g/mol. The van der Waals surface area contributed by atoms with Crippen LogP contribution in [0.5, 0.6) is 0 Å². The summed E-state index contributed by atoms with van der Waals surface area (Å²) >= 11 is 0. The zero-order valence-corrected chi connectivity index (χ0v) is 14.1. The van der Waals surface area contributed by atoms with Gasteiger partial charge in [-0.3, -0.25) is 4.79 Å². The van der Waals surface area contributed by atoms with Gasteiger partial charge in [-0.15, -0.1) is 0 Å². The molecule has 0 aromatic heterocycles.